The lowest BCUT2D eigenvalue weighted by Gasteiger charge is -2.16. The topological polar surface area (TPSA) is 76.7 Å². The van der Waals surface area contributed by atoms with Crippen LogP contribution in [0.4, 0.5) is 4.39 Å². The van der Waals surface area contributed by atoms with E-state index in [1.54, 1.807) is 12.1 Å². The number of carbonyl (C=O) groups excluding carboxylic acids is 2. The Labute approximate surface area is 170 Å². The summed E-state index contributed by atoms with van der Waals surface area (Å²) < 4.78 is 24.6. The Morgan fingerprint density at radius 2 is 1.90 bits per heavy atom. The van der Waals surface area contributed by atoms with Gasteiger partial charge in [0.05, 0.1) is 4.88 Å². The third-order valence-corrected chi connectivity index (χ3v) is 5.57. The van der Waals surface area contributed by atoms with Gasteiger partial charge in [0.25, 0.3) is 11.8 Å². The van der Waals surface area contributed by atoms with E-state index >= 15 is 0 Å². The highest BCUT2D eigenvalue weighted by molar-refractivity contribution is 7.17. The quantitative estimate of drug-likeness (QED) is 0.641. The number of para-hydroxylation sites is 2. The number of benzene rings is 2. The summed E-state index contributed by atoms with van der Waals surface area (Å²) >= 11 is 1.33. The SMILES string of the molecule is CC(Oc1ccccc1F)C(=O)NNC(=O)c1cc2c(s1)-c1ccccc1OC2. The van der Waals surface area contributed by atoms with Crippen molar-refractivity contribution in [3.8, 4) is 21.9 Å². The summed E-state index contributed by atoms with van der Waals surface area (Å²) in [6.45, 7) is 1.85. The molecule has 1 aromatic heterocycles. The van der Waals surface area contributed by atoms with E-state index in [-0.39, 0.29) is 5.75 Å². The fourth-order valence-corrected chi connectivity index (χ4v) is 3.97. The number of hydrazine groups is 1. The first-order valence-corrected chi connectivity index (χ1v) is 9.71. The Hall–Kier alpha value is -3.39. The van der Waals surface area contributed by atoms with Crippen molar-refractivity contribution in [2.75, 3.05) is 0 Å². The van der Waals surface area contributed by atoms with Gasteiger partial charge >= 0.3 is 0 Å². The molecule has 148 valence electrons. The van der Waals surface area contributed by atoms with Crippen LogP contribution in [0.2, 0.25) is 0 Å². The number of carbonyl (C=O) groups is 2. The van der Waals surface area contributed by atoms with E-state index in [2.05, 4.69) is 10.9 Å². The Bertz CT molecular complexity index is 1080. The zero-order chi connectivity index (χ0) is 20.4. The Morgan fingerprint density at radius 3 is 2.72 bits per heavy atom. The first-order valence-electron chi connectivity index (χ1n) is 8.89. The fourth-order valence-electron chi connectivity index (χ4n) is 2.88. The number of rotatable bonds is 4. The summed E-state index contributed by atoms with van der Waals surface area (Å²) in [5, 5.41) is 0. The minimum Gasteiger partial charge on any atom is -0.488 e. The highest BCUT2D eigenvalue weighted by Crippen LogP contribution is 2.42. The van der Waals surface area contributed by atoms with Crippen molar-refractivity contribution in [3.63, 3.8) is 0 Å². The van der Waals surface area contributed by atoms with E-state index in [9.17, 15) is 14.0 Å². The van der Waals surface area contributed by atoms with Crippen LogP contribution in [-0.2, 0) is 11.4 Å². The average Bonchev–Trinajstić information content (AvgIpc) is 3.18. The molecule has 1 unspecified atom stereocenters. The van der Waals surface area contributed by atoms with Crippen molar-refractivity contribution in [1.82, 2.24) is 10.9 Å². The zero-order valence-corrected chi connectivity index (χ0v) is 16.2. The van der Waals surface area contributed by atoms with Gasteiger partial charge in [-0.15, -0.1) is 11.3 Å². The third-order valence-electron chi connectivity index (χ3n) is 4.36. The number of hydrogen-bond acceptors (Lipinski definition) is 5. The van der Waals surface area contributed by atoms with Crippen LogP contribution >= 0.6 is 11.3 Å². The van der Waals surface area contributed by atoms with Crippen molar-refractivity contribution < 1.29 is 23.5 Å². The summed E-state index contributed by atoms with van der Waals surface area (Å²) in [6, 6.07) is 15.2. The largest absolute Gasteiger partial charge is 0.488 e. The minimum atomic E-state index is -0.996. The lowest BCUT2D eigenvalue weighted by Crippen LogP contribution is -2.47. The summed E-state index contributed by atoms with van der Waals surface area (Å²) in [5.74, 6) is -0.875. The van der Waals surface area contributed by atoms with Crippen LogP contribution in [0, 0.1) is 5.82 Å². The van der Waals surface area contributed by atoms with Gasteiger partial charge in [-0.05, 0) is 37.3 Å². The molecule has 1 aliphatic rings. The molecule has 3 aromatic rings. The van der Waals surface area contributed by atoms with E-state index in [4.69, 9.17) is 9.47 Å². The van der Waals surface area contributed by atoms with Crippen molar-refractivity contribution in [2.45, 2.75) is 19.6 Å². The molecular weight excluding hydrogens is 395 g/mol. The first-order chi connectivity index (χ1) is 14.0. The second kappa shape index (κ2) is 7.92. The maximum atomic E-state index is 13.6. The van der Waals surface area contributed by atoms with Gasteiger partial charge in [-0.25, -0.2) is 4.39 Å². The van der Waals surface area contributed by atoms with E-state index < -0.39 is 23.7 Å². The number of amides is 2. The van der Waals surface area contributed by atoms with Gasteiger partial charge in [-0.1, -0.05) is 24.3 Å². The lowest BCUT2D eigenvalue weighted by molar-refractivity contribution is -0.128. The van der Waals surface area contributed by atoms with Gasteiger partial charge in [-0.3, -0.25) is 20.4 Å². The summed E-state index contributed by atoms with van der Waals surface area (Å²) in [7, 11) is 0. The monoisotopic (exact) mass is 412 g/mol. The maximum Gasteiger partial charge on any atom is 0.279 e. The van der Waals surface area contributed by atoms with Crippen molar-refractivity contribution in [3.05, 3.63) is 70.9 Å². The fraction of sp³-hybridized carbons (Fsp3) is 0.143. The van der Waals surface area contributed by atoms with Crippen LogP contribution < -0.4 is 20.3 Å². The van der Waals surface area contributed by atoms with Gasteiger partial charge in [0.2, 0.25) is 0 Å². The van der Waals surface area contributed by atoms with E-state index in [0.717, 1.165) is 21.8 Å². The predicted octanol–water partition coefficient (Wildman–Crippen LogP) is 3.68. The van der Waals surface area contributed by atoms with E-state index in [0.29, 0.717) is 11.5 Å². The third kappa shape index (κ3) is 3.93. The Morgan fingerprint density at radius 1 is 1.14 bits per heavy atom. The second-order valence-corrected chi connectivity index (χ2v) is 7.44. The molecule has 0 fully saturated rings. The van der Waals surface area contributed by atoms with Crippen LogP contribution in [0.5, 0.6) is 11.5 Å². The molecule has 1 aliphatic heterocycles. The smallest absolute Gasteiger partial charge is 0.279 e. The number of fused-ring (bicyclic) bond motifs is 3. The highest BCUT2D eigenvalue weighted by atomic mass is 32.1. The highest BCUT2D eigenvalue weighted by Gasteiger charge is 2.23. The van der Waals surface area contributed by atoms with Crippen LogP contribution in [0.25, 0.3) is 10.4 Å². The van der Waals surface area contributed by atoms with E-state index in [1.165, 1.54) is 36.5 Å². The number of hydrogen-bond donors (Lipinski definition) is 2. The molecule has 0 bridgehead atoms. The molecule has 2 N–H and O–H groups in total. The average molecular weight is 412 g/mol. The maximum absolute atomic E-state index is 13.6. The predicted molar refractivity (Wildman–Crippen MR) is 106 cm³/mol. The summed E-state index contributed by atoms with van der Waals surface area (Å²) in [5.41, 5.74) is 6.54. The van der Waals surface area contributed by atoms with Gasteiger partial charge in [-0.2, -0.15) is 0 Å². The molecule has 0 spiro atoms. The van der Waals surface area contributed by atoms with Crippen molar-refractivity contribution in [1.29, 1.82) is 0 Å². The number of ether oxygens (including phenoxy) is 2. The van der Waals surface area contributed by atoms with Crippen LogP contribution in [0.15, 0.2) is 54.6 Å². The Balaban J connectivity index is 1.39. The molecule has 0 saturated heterocycles. The standard InChI is InChI=1S/C21H17FN2O4S/c1-12(28-17-9-5-3-7-15(17)22)20(25)23-24-21(26)18-10-13-11-27-16-8-4-2-6-14(16)19(13)29-18/h2-10,12H,11H2,1H3,(H,23,25)(H,24,26). The molecular formula is C21H17FN2O4S. The molecule has 0 aliphatic carbocycles. The van der Waals surface area contributed by atoms with Crippen LogP contribution in [0.1, 0.15) is 22.2 Å². The van der Waals surface area contributed by atoms with Gasteiger partial charge < -0.3 is 9.47 Å². The molecule has 4 rings (SSSR count). The van der Waals surface area contributed by atoms with Crippen molar-refractivity contribution >= 4 is 23.2 Å². The summed E-state index contributed by atoms with van der Waals surface area (Å²) in [4.78, 5) is 26.0. The Kier molecular flexibility index (Phi) is 5.18. The molecule has 0 saturated carbocycles. The molecule has 6 nitrogen and oxygen atoms in total. The molecule has 0 radical (unpaired) electrons. The second-order valence-electron chi connectivity index (χ2n) is 6.38. The molecule has 29 heavy (non-hydrogen) atoms. The molecule has 1 atom stereocenters. The number of halogens is 1. The van der Waals surface area contributed by atoms with E-state index in [1.807, 2.05) is 24.3 Å². The summed E-state index contributed by atoms with van der Waals surface area (Å²) in [6.07, 6.45) is -0.996. The number of nitrogens with one attached hydrogen (secondary N) is 2. The zero-order valence-electron chi connectivity index (χ0n) is 15.4. The van der Waals surface area contributed by atoms with Crippen LogP contribution in [0.3, 0.4) is 0 Å². The molecule has 2 heterocycles. The molecule has 2 aromatic carbocycles. The van der Waals surface area contributed by atoms with Crippen LogP contribution in [-0.4, -0.2) is 17.9 Å². The molecule has 8 heteroatoms. The van der Waals surface area contributed by atoms with Crippen molar-refractivity contribution in [2.24, 2.45) is 0 Å². The minimum absolute atomic E-state index is 0.0360. The lowest BCUT2D eigenvalue weighted by atomic mass is 10.1. The van der Waals surface area contributed by atoms with Gasteiger partial charge in [0.1, 0.15) is 12.4 Å². The van der Waals surface area contributed by atoms with Gasteiger partial charge in [0, 0.05) is 16.0 Å². The first kappa shape index (κ1) is 18.9. The normalized spacial score (nSPS) is 12.8. The van der Waals surface area contributed by atoms with Gasteiger partial charge in [0.15, 0.2) is 17.7 Å². The number of thiophene rings is 1. The molecule has 2 amide bonds.